The van der Waals surface area contributed by atoms with Gasteiger partial charge in [0, 0.05) is 12.1 Å². The number of benzene rings is 2. The highest BCUT2D eigenvalue weighted by atomic mass is 19.1. The molecular formula is C21H17FN4O4. The number of amides is 1. The van der Waals surface area contributed by atoms with E-state index in [1.165, 1.54) is 35.2 Å². The molecule has 0 aliphatic rings. The Morgan fingerprint density at radius 3 is 2.80 bits per heavy atom. The first kappa shape index (κ1) is 19.3. The van der Waals surface area contributed by atoms with Crippen LogP contribution in [0.15, 0.2) is 64.2 Å². The predicted molar refractivity (Wildman–Crippen MR) is 106 cm³/mol. The lowest BCUT2D eigenvalue weighted by atomic mass is 10.1. The lowest BCUT2D eigenvalue weighted by Crippen LogP contribution is -2.32. The van der Waals surface area contributed by atoms with Crippen molar-refractivity contribution in [3.63, 3.8) is 0 Å². The van der Waals surface area contributed by atoms with Crippen molar-refractivity contribution in [2.24, 2.45) is 0 Å². The maximum Gasteiger partial charge on any atom is 0.267 e. The zero-order valence-corrected chi connectivity index (χ0v) is 16.0. The second kappa shape index (κ2) is 8.16. The third-order valence-electron chi connectivity index (χ3n) is 4.52. The Morgan fingerprint density at radius 2 is 2.03 bits per heavy atom. The number of carbonyl (C=O) groups is 1. The van der Waals surface area contributed by atoms with Gasteiger partial charge in [-0.15, -0.1) is 0 Å². The standard InChI is InChI=1S/C21H17FN4O4/c1-29-16-4-2-3-13(9-16)10-23-17(27)11-26-12-24-20-18(21(26)28)19(25-30-20)14-5-7-15(22)8-6-14/h2-9,12H,10-11H2,1H3,(H,23,27). The van der Waals surface area contributed by atoms with Gasteiger partial charge < -0.3 is 14.6 Å². The molecule has 0 atom stereocenters. The number of carbonyl (C=O) groups excluding carboxylic acids is 1. The van der Waals surface area contributed by atoms with Gasteiger partial charge in [-0.2, -0.15) is 0 Å². The Morgan fingerprint density at radius 1 is 1.23 bits per heavy atom. The number of hydrogen-bond acceptors (Lipinski definition) is 6. The minimum absolute atomic E-state index is 0.0485. The molecule has 1 amide bonds. The molecule has 2 aromatic heterocycles. The number of rotatable bonds is 6. The van der Waals surface area contributed by atoms with Crippen molar-refractivity contribution >= 4 is 17.0 Å². The van der Waals surface area contributed by atoms with Gasteiger partial charge in [-0.05, 0) is 42.0 Å². The van der Waals surface area contributed by atoms with Crippen LogP contribution in [-0.4, -0.2) is 27.7 Å². The molecule has 0 unspecified atom stereocenters. The van der Waals surface area contributed by atoms with Crippen molar-refractivity contribution in [2.75, 3.05) is 7.11 Å². The number of nitrogens with one attached hydrogen (secondary N) is 1. The fourth-order valence-corrected chi connectivity index (χ4v) is 2.99. The van der Waals surface area contributed by atoms with Crippen molar-refractivity contribution in [3.8, 4) is 17.0 Å². The highest BCUT2D eigenvalue weighted by Gasteiger charge is 2.18. The normalized spacial score (nSPS) is 10.9. The minimum Gasteiger partial charge on any atom is -0.497 e. The highest BCUT2D eigenvalue weighted by molar-refractivity contribution is 5.88. The van der Waals surface area contributed by atoms with Gasteiger partial charge in [-0.3, -0.25) is 14.2 Å². The number of fused-ring (bicyclic) bond motifs is 1. The largest absolute Gasteiger partial charge is 0.497 e. The molecule has 2 aromatic carbocycles. The van der Waals surface area contributed by atoms with Crippen LogP contribution < -0.4 is 15.6 Å². The van der Waals surface area contributed by atoms with E-state index < -0.39 is 11.4 Å². The highest BCUT2D eigenvalue weighted by Crippen LogP contribution is 2.24. The Kier molecular flexibility index (Phi) is 5.25. The lowest BCUT2D eigenvalue weighted by molar-refractivity contribution is -0.121. The summed E-state index contributed by atoms with van der Waals surface area (Å²) in [6, 6.07) is 12.8. The number of nitrogens with zero attached hydrogens (tertiary/aromatic N) is 3. The molecule has 4 aromatic rings. The van der Waals surface area contributed by atoms with Gasteiger partial charge in [0.2, 0.25) is 5.91 Å². The number of ether oxygens (including phenoxy) is 1. The Balaban J connectivity index is 1.55. The van der Waals surface area contributed by atoms with Crippen LogP contribution in [0.25, 0.3) is 22.4 Å². The third-order valence-corrected chi connectivity index (χ3v) is 4.52. The van der Waals surface area contributed by atoms with Crippen LogP contribution in [0.2, 0.25) is 0 Å². The Labute approximate surface area is 169 Å². The van der Waals surface area contributed by atoms with E-state index in [4.69, 9.17) is 9.26 Å². The van der Waals surface area contributed by atoms with E-state index in [0.717, 1.165) is 5.56 Å². The fraction of sp³-hybridized carbons (Fsp3) is 0.143. The molecular weight excluding hydrogens is 391 g/mol. The molecule has 0 spiro atoms. The molecule has 0 aliphatic carbocycles. The SMILES string of the molecule is COc1cccc(CNC(=O)Cn2cnc3onc(-c4ccc(F)cc4)c3c2=O)c1. The van der Waals surface area contributed by atoms with Gasteiger partial charge in [0.25, 0.3) is 11.3 Å². The summed E-state index contributed by atoms with van der Waals surface area (Å²) < 4.78 is 24.6. The maximum absolute atomic E-state index is 13.2. The zero-order valence-electron chi connectivity index (χ0n) is 16.0. The number of methoxy groups -OCH3 is 1. The van der Waals surface area contributed by atoms with Gasteiger partial charge >= 0.3 is 0 Å². The minimum atomic E-state index is -0.475. The molecule has 9 heteroatoms. The van der Waals surface area contributed by atoms with Crippen molar-refractivity contribution in [2.45, 2.75) is 13.1 Å². The second-order valence-corrected chi connectivity index (χ2v) is 6.52. The maximum atomic E-state index is 13.2. The molecule has 30 heavy (non-hydrogen) atoms. The average Bonchev–Trinajstić information content (AvgIpc) is 3.20. The van der Waals surface area contributed by atoms with Crippen LogP contribution in [0, 0.1) is 5.82 Å². The second-order valence-electron chi connectivity index (χ2n) is 6.52. The van der Waals surface area contributed by atoms with E-state index in [9.17, 15) is 14.0 Å². The van der Waals surface area contributed by atoms with Crippen LogP contribution in [0.1, 0.15) is 5.56 Å². The summed E-state index contributed by atoms with van der Waals surface area (Å²) in [5.41, 5.74) is 1.19. The summed E-state index contributed by atoms with van der Waals surface area (Å²) in [6.45, 7) is 0.0638. The average molecular weight is 408 g/mol. The van der Waals surface area contributed by atoms with E-state index in [-0.39, 0.29) is 35.8 Å². The van der Waals surface area contributed by atoms with Crippen LogP contribution >= 0.6 is 0 Å². The van der Waals surface area contributed by atoms with Gasteiger partial charge in [0.05, 0.1) is 7.11 Å². The lowest BCUT2D eigenvalue weighted by Gasteiger charge is -2.08. The zero-order chi connectivity index (χ0) is 21.1. The van der Waals surface area contributed by atoms with E-state index in [2.05, 4.69) is 15.5 Å². The smallest absolute Gasteiger partial charge is 0.267 e. The summed E-state index contributed by atoms with van der Waals surface area (Å²) in [5.74, 6) is -0.0796. The number of hydrogen-bond donors (Lipinski definition) is 1. The van der Waals surface area contributed by atoms with Crippen molar-refractivity contribution in [1.29, 1.82) is 0 Å². The quantitative estimate of drug-likeness (QED) is 0.526. The van der Waals surface area contributed by atoms with Crippen LogP contribution in [0.4, 0.5) is 4.39 Å². The summed E-state index contributed by atoms with van der Waals surface area (Å²) in [4.78, 5) is 29.3. The molecule has 0 saturated carbocycles. The van der Waals surface area contributed by atoms with Crippen LogP contribution in [-0.2, 0) is 17.9 Å². The van der Waals surface area contributed by atoms with Crippen molar-refractivity contribution < 1.29 is 18.4 Å². The summed E-state index contributed by atoms with van der Waals surface area (Å²) in [7, 11) is 1.57. The topological polar surface area (TPSA) is 99.2 Å². The molecule has 4 rings (SSSR count). The first-order chi connectivity index (χ1) is 14.5. The summed E-state index contributed by atoms with van der Waals surface area (Å²) >= 11 is 0. The predicted octanol–water partition coefficient (Wildman–Crippen LogP) is 2.52. The van der Waals surface area contributed by atoms with Crippen LogP contribution in [0.5, 0.6) is 5.75 Å². The van der Waals surface area contributed by atoms with Gasteiger partial charge in [0.15, 0.2) is 0 Å². The molecule has 0 radical (unpaired) electrons. The van der Waals surface area contributed by atoms with Gasteiger partial charge in [0.1, 0.15) is 35.5 Å². The van der Waals surface area contributed by atoms with E-state index in [0.29, 0.717) is 11.3 Å². The molecule has 2 heterocycles. The number of halogens is 1. The van der Waals surface area contributed by atoms with E-state index in [1.807, 2.05) is 24.3 Å². The Hall–Kier alpha value is -4.01. The number of aromatic nitrogens is 3. The molecule has 0 bridgehead atoms. The first-order valence-corrected chi connectivity index (χ1v) is 9.05. The van der Waals surface area contributed by atoms with Crippen LogP contribution in [0.3, 0.4) is 0 Å². The van der Waals surface area contributed by atoms with Crippen molar-refractivity contribution in [1.82, 2.24) is 20.0 Å². The van der Waals surface area contributed by atoms with Crippen molar-refractivity contribution in [3.05, 3.63) is 76.6 Å². The van der Waals surface area contributed by atoms with E-state index in [1.54, 1.807) is 7.11 Å². The van der Waals surface area contributed by atoms with Gasteiger partial charge in [-0.1, -0.05) is 17.3 Å². The molecule has 0 saturated heterocycles. The molecule has 152 valence electrons. The Bertz CT molecular complexity index is 1260. The molecule has 1 N–H and O–H groups in total. The molecule has 0 fully saturated rings. The molecule has 0 aliphatic heterocycles. The van der Waals surface area contributed by atoms with E-state index >= 15 is 0 Å². The summed E-state index contributed by atoms with van der Waals surface area (Å²) in [5, 5.41) is 6.77. The summed E-state index contributed by atoms with van der Waals surface area (Å²) in [6.07, 6.45) is 1.23. The fourth-order valence-electron chi connectivity index (χ4n) is 2.99. The molecule has 8 nitrogen and oxygen atoms in total. The monoisotopic (exact) mass is 408 g/mol. The van der Waals surface area contributed by atoms with Gasteiger partial charge in [-0.25, -0.2) is 9.37 Å². The first-order valence-electron chi connectivity index (χ1n) is 9.05. The third kappa shape index (κ3) is 3.90.